The fourth-order valence-electron chi connectivity index (χ4n) is 2.97. The van der Waals surface area contributed by atoms with Gasteiger partial charge >= 0.3 is 0 Å². The number of aliphatic hydroxyl groups is 1. The highest BCUT2D eigenvalue weighted by molar-refractivity contribution is 6.33. The van der Waals surface area contributed by atoms with Crippen molar-refractivity contribution in [3.05, 3.63) is 58.4 Å². The second-order valence-corrected chi connectivity index (χ2v) is 6.70. The van der Waals surface area contributed by atoms with Crippen molar-refractivity contribution < 1.29 is 24.9 Å². The van der Waals surface area contributed by atoms with E-state index < -0.39 is 6.29 Å². The number of carbonyl (C=O) groups excluding carboxylic acids is 1. The first kappa shape index (κ1) is 17.6. The molecule has 132 valence electrons. The number of fused-ring (bicyclic) bond motifs is 2. The average molecular weight is 363 g/mol. The van der Waals surface area contributed by atoms with Crippen LogP contribution in [0.2, 0.25) is 5.02 Å². The van der Waals surface area contributed by atoms with Gasteiger partial charge in [-0.1, -0.05) is 29.8 Å². The largest absolute Gasteiger partial charge is 0.507 e. The Labute approximate surface area is 150 Å². The minimum atomic E-state index is -1.50. The molecule has 1 saturated carbocycles. The maximum Gasteiger partial charge on any atom is 0.227 e. The second-order valence-electron chi connectivity index (χ2n) is 6.32. The summed E-state index contributed by atoms with van der Waals surface area (Å²) in [4.78, 5) is 12.2. The Kier molecular flexibility index (Phi) is 4.88. The van der Waals surface area contributed by atoms with Crippen LogP contribution in [0.1, 0.15) is 30.8 Å². The van der Waals surface area contributed by atoms with E-state index in [0.29, 0.717) is 17.6 Å². The maximum absolute atomic E-state index is 12.2. The third kappa shape index (κ3) is 3.89. The van der Waals surface area contributed by atoms with Crippen molar-refractivity contribution in [2.45, 2.75) is 26.1 Å². The molecule has 0 spiro atoms. The maximum atomic E-state index is 12.2. The first-order valence-electron chi connectivity index (χ1n) is 8.01. The number of aliphatic hydroxyl groups excluding tert-OH is 1. The quantitative estimate of drug-likeness (QED) is 0.657. The molecule has 1 aliphatic heterocycles. The normalized spacial score (nSPS) is 30.8. The number of ether oxygens (including phenoxy) is 1. The summed E-state index contributed by atoms with van der Waals surface area (Å²) in [6.07, 6.45) is 8.13. The molecule has 5 nitrogen and oxygen atoms in total. The zero-order chi connectivity index (χ0) is 18.1. The van der Waals surface area contributed by atoms with Crippen molar-refractivity contribution in [1.29, 1.82) is 0 Å². The van der Waals surface area contributed by atoms with Gasteiger partial charge in [0.05, 0.1) is 16.3 Å². The number of phenols is 2. The number of hydrogen-bond acceptors (Lipinski definition) is 5. The average Bonchev–Trinajstić information content (AvgIpc) is 3.25. The predicted octanol–water partition coefficient (Wildman–Crippen LogP) is 3.54. The molecule has 3 N–H and O–H groups in total. The summed E-state index contributed by atoms with van der Waals surface area (Å²) in [5.74, 6) is 0.210. The molecule has 2 aliphatic rings. The Bertz CT molecular complexity index is 793. The molecule has 2 unspecified atom stereocenters. The first-order valence-corrected chi connectivity index (χ1v) is 8.38. The molecule has 1 fully saturated rings. The van der Waals surface area contributed by atoms with Gasteiger partial charge in [-0.05, 0) is 42.9 Å². The van der Waals surface area contributed by atoms with Crippen LogP contribution >= 0.6 is 11.6 Å². The molecule has 0 saturated heterocycles. The standard InChI is InChI=1S/C19H19ClO5/c1-10-6-12-7-11(12)4-2-3-5-13(21)8-14-17(19(24)25-10)15(22)9-16(23)18(14)20/h2-6,9,11-12,19,22-24H,7-8H2,1H3/b4-2-,5-3+,10-6+/t11?,12-,19?/m0/s1. The Morgan fingerprint density at radius 1 is 1.20 bits per heavy atom. The molecule has 3 rings (SSSR count). The molecule has 1 aromatic rings. The van der Waals surface area contributed by atoms with Crippen molar-refractivity contribution in [3.8, 4) is 11.5 Å². The van der Waals surface area contributed by atoms with E-state index in [1.807, 2.05) is 18.2 Å². The van der Waals surface area contributed by atoms with Crippen LogP contribution in [0.4, 0.5) is 0 Å². The lowest BCUT2D eigenvalue weighted by Gasteiger charge is -2.20. The third-order valence-corrected chi connectivity index (χ3v) is 4.77. The molecule has 0 bridgehead atoms. The molecule has 3 atom stereocenters. The van der Waals surface area contributed by atoms with Gasteiger partial charge in [0.15, 0.2) is 5.78 Å². The second kappa shape index (κ2) is 6.94. The van der Waals surface area contributed by atoms with Crippen LogP contribution in [0.5, 0.6) is 11.5 Å². The van der Waals surface area contributed by atoms with Crippen molar-refractivity contribution in [1.82, 2.24) is 0 Å². The minimum absolute atomic E-state index is 0.0164. The molecule has 0 radical (unpaired) electrons. The van der Waals surface area contributed by atoms with Crippen molar-refractivity contribution in [2.24, 2.45) is 11.8 Å². The van der Waals surface area contributed by atoms with Crippen molar-refractivity contribution in [3.63, 3.8) is 0 Å². The highest BCUT2D eigenvalue weighted by Crippen LogP contribution is 2.43. The van der Waals surface area contributed by atoms with E-state index in [1.165, 1.54) is 6.08 Å². The topological polar surface area (TPSA) is 87.0 Å². The number of phenolic OH excluding ortho intramolecular Hbond substituents is 2. The van der Waals surface area contributed by atoms with E-state index in [9.17, 15) is 20.1 Å². The molecule has 1 heterocycles. The van der Waals surface area contributed by atoms with E-state index in [0.717, 1.165) is 12.5 Å². The molecule has 1 aliphatic carbocycles. The molecular weight excluding hydrogens is 344 g/mol. The van der Waals surface area contributed by atoms with Gasteiger partial charge in [-0.3, -0.25) is 4.79 Å². The number of halogens is 1. The zero-order valence-corrected chi connectivity index (χ0v) is 14.4. The van der Waals surface area contributed by atoms with Crippen LogP contribution < -0.4 is 0 Å². The Hall–Kier alpha value is -2.24. The van der Waals surface area contributed by atoms with E-state index in [2.05, 4.69) is 0 Å². The number of hydrogen-bond donors (Lipinski definition) is 3. The van der Waals surface area contributed by atoms with Crippen LogP contribution in [-0.2, 0) is 16.0 Å². The summed E-state index contributed by atoms with van der Waals surface area (Å²) >= 11 is 6.10. The summed E-state index contributed by atoms with van der Waals surface area (Å²) < 4.78 is 5.49. The van der Waals surface area contributed by atoms with Gasteiger partial charge in [-0.2, -0.15) is 0 Å². The summed E-state index contributed by atoms with van der Waals surface area (Å²) in [5, 5.41) is 30.3. The first-order chi connectivity index (χ1) is 11.9. The van der Waals surface area contributed by atoms with E-state index in [4.69, 9.17) is 16.3 Å². The molecule has 0 aromatic heterocycles. The van der Waals surface area contributed by atoms with Crippen LogP contribution in [0.15, 0.2) is 42.2 Å². The smallest absolute Gasteiger partial charge is 0.227 e. The van der Waals surface area contributed by atoms with Crippen LogP contribution in [0.25, 0.3) is 0 Å². The van der Waals surface area contributed by atoms with Gasteiger partial charge in [0, 0.05) is 12.5 Å². The molecule has 1 aromatic carbocycles. The Morgan fingerprint density at radius 2 is 1.96 bits per heavy atom. The summed E-state index contributed by atoms with van der Waals surface area (Å²) in [6, 6.07) is 1.02. The predicted molar refractivity (Wildman–Crippen MR) is 93.2 cm³/mol. The van der Waals surface area contributed by atoms with Crippen LogP contribution in [-0.4, -0.2) is 21.1 Å². The van der Waals surface area contributed by atoms with E-state index >= 15 is 0 Å². The lowest BCUT2D eigenvalue weighted by atomic mass is 9.99. The third-order valence-electron chi connectivity index (χ3n) is 4.35. The molecule has 0 amide bonds. The summed E-state index contributed by atoms with van der Waals surface area (Å²) in [6.45, 7) is 1.72. The SMILES string of the molecule is C/C1=C\[C@H]2CC2/C=C\C=C\C(=O)Cc2c(Cl)c(O)cc(O)c2C(O)O1. The highest BCUT2D eigenvalue weighted by Gasteiger charge is 2.33. The fraction of sp³-hybridized carbons (Fsp3) is 0.316. The number of rotatable bonds is 0. The summed E-state index contributed by atoms with van der Waals surface area (Å²) in [7, 11) is 0. The van der Waals surface area contributed by atoms with Gasteiger partial charge in [0.25, 0.3) is 0 Å². The molecule has 6 heteroatoms. The molecule has 25 heavy (non-hydrogen) atoms. The van der Waals surface area contributed by atoms with Gasteiger partial charge in [0.2, 0.25) is 6.29 Å². The number of carbonyl (C=O) groups is 1. The Morgan fingerprint density at radius 3 is 2.72 bits per heavy atom. The molecular formula is C19H19ClO5. The number of aromatic hydroxyl groups is 2. The number of ketones is 1. The Balaban J connectivity index is 2.05. The van der Waals surface area contributed by atoms with E-state index in [-0.39, 0.29) is 39.9 Å². The fourth-order valence-corrected chi connectivity index (χ4v) is 3.20. The number of allylic oxidation sites excluding steroid dienone is 6. The summed E-state index contributed by atoms with van der Waals surface area (Å²) in [5.41, 5.74) is 0.122. The lowest BCUT2D eigenvalue weighted by Crippen LogP contribution is -2.10. The zero-order valence-electron chi connectivity index (χ0n) is 13.6. The van der Waals surface area contributed by atoms with Crippen molar-refractivity contribution in [2.75, 3.05) is 0 Å². The highest BCUT2D eigenvalue weighted by atomic mass is 35.5. The minimum Gasteiger partial charge on any atom is -0.507 e. The van der Waals surface area contributed by atoms with Gasteiger partial charge in [-0.15, -0.1) is 0 Å². The number of benzene rings is 1. The lowest BCUT2D eigenvalue weighted by molar-refractivity contribution is -0.114. The van der Waals surface area contributed by atoms with Gasteiger partial charge in [-0.25, -0.2) is 0 Å². The van der Waals surface area contributed by atoms with E-state index in [1.54, 1.807) is 13.0 Å². The van der Waals surface area contributed by atoms with Gasteiger partial charge < -0.3 is 20.1 Å². The van der Waals surface area contributed by atoms with Crippen LogP contribution in [0, 0.1) is 11.8 Å². The monoisotopic (exact) mass is 362 g/mol. The van der Waals surface area contributed by atoms with Gasteiger partial charge in [0.1, 0.15) is 11.5 Å². The van der Waals surface area contributed by atoms with Crippen molar-refractivity contribution >= 4 is 17.4 Å². The van der Waals surface area contributed by atoms with Crippen LogP contribution in [0.3, 0.4) is 0 Å².